The highest BCUT2D eigenvalue weighted by Crippen LogP contribution is 2.45. The molecular formula is C21H28O3. The fraction of sp³-hybridized carbons (Fsp3) is 0.571. The Balaban J connectivity index is 2.28. The average Bonchev–Trinajstić information content (AvgIpc) is 2.77. The molecule has 3 rings (SSSR count). The van der Waals surface area contributed by atoms with E-state index in [1.54, 1.807) is 0 Å². The van der Waals surface area contributed by atoms with Gasteiger partial charge >= 0.3 is 0 Å². The molecule has 1 aromatic carbocycles. The second kappa shape index (κ2) is 5.37. The summed E-state index contributed by atoms with van der Waals surface area (Å²) in [6.45, 7) is 13.5. The van der Waals surface area contributed by atoms with E-state index in [2.05, 4.69) is 47.6 Å². The van der Waals surface area contributed by atoms with Crippen molar-refractivity contribution in [1.82, 2.24) is 0 Å². The van der Waals surface area contributed by atoms with Crippen LogP contribution in [-0.2, 0) is 15.6 Å². The number of ether oxygens (including phenoxy) is 1. The van der Waals surface area contributed by atoms with Gasteiger partial charge in [-0.3, -0.25) is 4.79 Å². The maximum Gasteiger partial charge on any atom is 0.137 e. The third-order valence-corrected chi connectivity index (χ3v) is 5.11. The number of benzene rings is 1. The Morgan fingerprint density at radius 3 is 2.33 bits per heavy atom. The smallest absolute Gasteiger partial charge is 0.137 e. The second-order valence-corrected chi connectivity index (χ2v) is 9.20. The summed E-state index contributed by atoms with van der Waals surface area (Å²) in [4.78, 5) is 11.8. The summed E-state index contributed by atoms with van der Waals surface area (Å²) in [5.74, 6) is 1.24. The first-order valence-corrected chi connectivity index (χ1v) is 8.74. The van der Waals surface area contributed by atoms with Gasteiger partial charge in [0, 0.05) is 24.3 Å². The third kappa shape index (κ3) is 2.85. The summed E-state index contributed by atoms with van der Waals surface area (Å²) in [6, 6.07) is 4.25. The number of Topliss-reactive ketones (excluding diaryl/α,β-unsaturated/α-hetero) is 1. The topological polar surface area (TPSA) is 46.5 Å². The normalized spacial score (nSPS) is 21.2. The summed E-state index contributed by atoms with van der Waals surface area (Å²) in [5.41, 5.74) is 3.76. The van der Waals surface area contributed by atoms with E-state index in [0.717, 1.165) is 22.4 Å². The minimum absolute atomic E-state index is 0.0100. The van der Waals surface area contributed by atoms with Crippen LogP contribution in [0.5, 0.6) is 5.75 Å². The first-order valence-electron chi connectivity index (χ1n) is 8.74. The number of hydrogen-bond donors (Lipinski definition) is 1. The molecule has 1 unspecified atom stereocenters. The van der Waals surface area contributed by atoms with E-state index in [9.17, 15) is 9.90 Å². The predicted octanol–water partition coefficient (Wildman–Crippen LogP) is 4.92. The largest absolute Gasteiger partial charge is 0.507 e. The highest BCUT2D eigenvalue weighted by atomic mass is 16.5. The monoisotopic (exact) mass is 328 g/mol. The number of hydrogen-bond acceptors (Lipinski definition) is 3. The van der Waals surface area contributed by atoms with Crippen LogP contribution in [0.3, 0.4) is 0 Å². The molecule has 0 amide bonds. The van der Waals surface area contributed by atoms with E-state index in [1.807, 2.05) is 6.07 Å². The summed E-state index contributed by atoms with van der Waals surface area (Å²) in [5, 5.41) is 11.0. The molecule has 0 radical (unpaired) electrons. The Morgan fingerprint density at radius 1 is 1.08 bits per heavy atom. The Hall–Kier alpha value is -1.77. The maximum absolute atomic E-state index is 11.8. The standard InChI is InChI=1S/C21H28O3/c1-20(2,3)13-8-16-18(23)15-10-14(22)7-12(15)11-24-19(16)17(9-13)21(4,5)6/h8-9,12,23H,7,10-11H2,1-6H3. The molecule has 2 aliphatic rings. The maximum atomic E-state index is 11.8. The van der Waals surface area contributed by atoms with Crippen molar-refractivity contribution in [2.45, 2.75) is 65.2 Å². The van der Waals surface area contributed by atoms with Gasteiger partial charge in [-0.2, -0.15) is 0 Å². The number of rotatable bonds is 0. The lowest BCUT2D eigenvalue weighted by atomic mass is 9.78. The molecular weight excluding hydrogens is 300 g/mol. The van der Waals surface area contributed by atoms with Gasteiger partial charge in [0.25, 0.3) is 0 Å². The lowest BCUT2D eigenvalue weighted by molar-refractivity contribution is -0.117. The highest BCUT2D eigenvalue weighted by Gasteiger charge is 2.36. The van der Waals surface area contributed by atoms with E-state index in [0.29, 0.717) is 19.4 Å². The van der Waals surface area contributed by atoms with Crippen LogP contribution in [0.25, 0.3) is 5.76 Å². The first kappa shape index (κ1) is 17.1. The molecule has 1 fully saturated rings. The van der Waals surface area contributed by atoms with Crippen molar-refractivity contribution >= 4 is 11.5 Å². The van der Waals surface area contributed by atoms with Crippen LogP contribution in [0.2, 0.25) is 0 Å². The van der Waals surface area contributed by atoms with Crippen molar-refractivity contribution in [1.29, 1.82) is 0 Å². The third-order valence-electron chi connectivity index (χ3n) is 5.11. The van der Waals surface area contributed by atoms with Crippen LogP contribution in [-0.4, -0.2) is 17.5 Å². The number of fused-ring (bicyclic) bond motifs is 2. The molecule has 1 atom stereocenters. The SMILES string of the molecule is CC(C)(C)c1cc2c(c(C(C)(C)C)c1)OCC1CC(=O)CC1=C2O. The van der Waals surface area contributed by atoms with Crippen LogP contribution in [0.15, 0.2) is 17.7 Å². The van der Waals surface area contributed by atoms with Gasteiger partial charge in [-0.15, -0.1) is 0 Å². The zero-order valence-corrected chi connectivity index (χ0v) is 15.6. The first-order chi connectivity index (χ1) is 11.0. The second-order valence-electron chi connectivity index (χ2n) is 9.20. The molecule has 1 aliphatic heterocycles. The molecule has 1 saturated carbocycles. The van der Waals surface area contributed by atoms with Gasteiger partial charge < -0.3 is 9.84 Å². The number of aliphatic hydroxyl groups is 1. The Morgan fingerprint density at radius 2 is 1.75 bits per heavy atom. The Bertz CT molecular complexity index is 727. The van der Waals surface area contributed by atoms with E-state index < -0.39 is 0 Å². The molecule has 0 bridgehead atoms. The fourth-order valence-corrected chi connectivity index (χ4v) is 3.57. The van der Waals surface area contributed by atoms with Crippen LogP contribution in [0, 0.1) is 5.92 Å². The molecule has 0 aromatic heterocycles. The van der Waals surface area contributed by atoms with Crippen molar-refractivity contribution in [2.75, 3.05) is 6.61 Å². The van der Waals surface area contributed by atoms with Crippen LogP contribution >= 0.6 is 0 Å². The number of carbonyl (C=O) groups excluding carboxylic acids is 1. The minimum Gasteiger partial charge on any atom is -0.507 e. The van der Waals surface area contributed by atoms with E-state index in [1.165, 1.54) is 5.56 Å². The van der Waals surface area contributed by atoms with E-state index >= 15 is 0 Å². The van der Waals surface area contributed by atoms with Gasteiger partial charge in [0.2, 0.25) is 0 Å². The molecule has 24 heavy (non-hydrogen) atoms. The van der Waals surface area contributed by atoms with Gasteiger partial charge in [0.1, 0.15) is 17.3 Å². The van der Waals surface area contributed by atoms with Crippen LogP contribution < -0.4 is 4.74 Å². The van der Waals surface area contributed by atoms with Gasteiger partial charge in [0.05, 0.1) is 12.2 Å². The van der Waals surface area contributed by atoms with Gasteiger partial charge in [-0.25, -0.2) is 0 Å². The van der Waals surface area contributed by atoms with Crippen molar-refractivity contribution in [3.8, 4) is 5.75 Å². The van der Waals surface area contributed by atoms with Gasteiger partial charge in [-0.05, 0) is 28.0 Å². The quantitative estimate of drug-likeness (QED) is 0.735. The summed E-state index contributed by atoms with van der Waals surface area (Å²) >= 11 is 0. The van der Waals surface area contributed by atoms with Crippen molar-refractivity contribution < 1.29 is 14.6 Å². The number of ketones is 1. The molecule has 1 aliphatic carbocycles. The molecule has 1 heterocycles. The summed E-state index contributed by atoms with van der Waals surface area (Å²) in [6.07, 6.45) is 0.828. The van der Waals surface area contributed by atoms with E-state index in [-0.39, 0.29) is 28.3 Å². The van der Waals surface area contributed by atoms with Crippen molar-refractivity contribution in [3.05, 3.63) is 34.4 Å². The molecule has 1 N–H and O–H groups in total. The molecule has 130 valence electrons. The molecule has 3 heteroatoms. The van der Waals surface area contributed by atoms with Crippen LogP contribution in [0.4, 0.5) is 0 Å². The number of carbonyl (C=O) groups is 1. The molecule has 0 spiro atoms. The summed E-state index contributed by atoms with van der Waals surface area (Å²) < 4.78 is 6.15. The lowest BCUT2D eigenvalue weighted by Crippen LogP contribution is -2.19. The van der Waals surface area contributed by atoms with Gasteiger partial charge in [0.15, 0.2) is 0 Å². The fourth-order valence-electron chi connectivity index (χ4n) is 3.57. The molecule has 0 saturated heterocycles. The molecule has 1 aromatic rings. The molecule has 3 nitrogen and oxygen atoms in total. The predicted molar refractivity (Wildman–Crippen MR) is 96.6 cm³/mol. The Labute approximate surface area is 144 Å². The summed E-state index contributed by atoms with van der Waals surface area (Å²) in [7, 11) is 0. The number of aliphatic hydroxyl groups excluding tert-OH is 1. The highest BCUT2D eigenvalue weighted by molar-refractivity contribution is 5.89. The van der Waals surface area contributed by atoms with Gasteiger partial charge in [-0.1, -0.05) is 47.6 Å². The average molecular weight is 328 g/mol. The van der Waals surface area contributed by atoms with Crippen LogP contribution in [0.1, 0.15) is 71.1 Å². The lowest BCUT2D eigenvalue weighted by Gasteiger charge is -2.28. The van der Waals surface area contributed by atoms with Crippen molar-refractivity contribution in [3.63, 3.8) is 0 Å². The Kier molecular flexibility index (Phi) is 3.82. The minimum atomic E-state index is -0.0917. The van der Waals surface area contributed by atoms with Crippen molar-refractivity contribution in [2.24, 2.45) is 5.92 Å². The zero-order chi connectivity index (χ0) is 17.9. The zero-order valence-electron chi connectivity index (χ0n) is 15.6. The van der Waals surface area contributed by atoms with E-state index in [4.69, 9.17) is 4.74 Å².